The first-order valence-electron chi connectivity index (χ1n) is 8.79. The highest BCUT2D eigenvalue weighted by atomic mass is 32.2. The van der Waals surface area contributed by atoms with E-state index in [0.717, 1.165) is 21.8 Å². The number of nitrogens with zero attached hydrogens (tertiary/aromatic N) is 2. The molecule has 1 heterocycles. The van der Waals surface area contributed by atoms with Gasteiger partial charge in [-0.1, -0.05) is 36.0 Å². The third-order valence-corrected chi connectivity index (χ3v) is 5.57. The lowest BCUT2D eigenvalue weighted by molar-refractivity contribution is -0.384. The molecular formula is C21H16N4O3S. The molecule has 1 aliphatic heterocycles. The van der Waals surface area contributed by atoms with Gasteiger partial charge in [0.1, 0.15) is 0 Å². The second-order valence-electron chi connectivity index (χ2n) is 6.38. The molecule has 0 spiro atoms. The summed E-state index contributed by atoms with van der Waals surface area (Å²) in [6.07, 6.45) is 0. The van der Waals surface area contributed by atoms with Crippen LogP contribution in [0.2, 0.25) is 0 Å². The summed E-state index contributed by atoms with van der Waals surface area (Å²) < 4.78 is 0. The second kappa shape index (κ2) is 7.76. The van der Waals surface area contributed by atoms with E-state index in [0.29, 0.717) is 5.71 Å². The van der Waals surface area contributed by atoms with E-state index < -0.39 is 10.8 Å². The number of para-hydroxylation sites is 1. The van der Waals surface area contributed by atoms with Gasteiger partial charge in [0.2, 0.25) is 0 Å². The summed E-state index contributed by atoms with van der Waals surface area (Å²) in [5.74, 6) is -0.506. The minimum absolute atomic E-state index is 0.142. The zero-order valence-electron chi connectivity index (χ0n) is 15.4. The summed E-state index contributed by atoms with van der Waals surface area (Å²) in [5, 5.41) is 18.4. The highest BCUT2D eigenvalue weighted by molar-refractivity contribution is 7.99. The highest BCUT2D eigenvalue weighted by Crippen LogP contribution is 2.44. The molecule has 29 heavy (non-hydrogen) atoms. The number of non-ortho nitro benzene ring substituents is 1. The number of nitrogens with one attached hydrogen (secondary N) is 2. The molecule has 7 nitrogen and oxygen atoms in total. The van der Waals surface area contributed by atoms with Crippen molar-refractivity contribution in [1.82, 2.24) is 5.43 Å². The Balaban J connectivity index is 1.51. The maximum absolute atomic E-state index is 12.3. The third kappa shape index (κ3) is 3.97. The van der Waals surface area contributed by atoms with Crippen LogP contribution in [0.5, 0.6) is 0 Å². The quantitative estimate of drug-likeness (QED) is 0.285. The predicted octanol–water partition coefficient (Wildman–Crippen LogP) is 4.96. The number of fused-ring (bicyclic) bond motifs is 2. The van der Waals surface area contributed by atoms with Crippen molar-refractivity contribution in [3.05, 3.63) is 88.0 Å². The topological polar surface area (TPSA) is 96.6 Å². The van der Waals surface area contributed by atoms with Gasteiger partial charge in [0, 0.05) is 27.5 Å². The molecule has 8 heteroatoms. The van der Waals surface area contributed by atoms with Crippen LogP contribution in [0, 0.1) is 10.1 Å². The lowest BCUT2D eigenvalue weighted by Gasteiger charge is -2.21. The Morgan fingerprint density at radius 2 is 1.79 bits per heavy atom. The summed E-state index contributed by atoms with van der Waals surface area (Å²) in [6, 6.07) is 19.6. The molecule has 0 saturated carbocycles. The van der Waals surface area contributed by atoms with Crippen LogP contribution in [0.4, 0.5) is 17.1 Å². The first-order chi connectivity index (χ1) is 14.0. The van der Waals surface area contributed by atoms with E-state index in [1.165, 1.54) is 29.2 Å². The molecule has 0 radical (unpaired) electrons. The molecule has 1 amide bonds. The number of nitro benzene ring substituents is 1. The Morgan fingerprint density at radius 1 is 1.00 bits per heavy atom. The van der Waals surface area contributed by atoms with Gasteiger partial charge in [0.15, 0.2) is 0 Å². The number of carbonyl (C=O) groups excluding carboxylic acids is 1. The number of carbonyl (C=O) groups is 1. The monoisotopic (exact) mass is 404 g/mol. The van der Waals surface area contributed by atoms with Gasteiger partial charge in [-0.25, -0.2) is 5.43 Å². The number of hydrazone groups is 1. The average molecular weight is 404 g/mol. The number of rotatable bonds is 4. The number of hydrogen-bond donors (Lipinski definition) is 2. The van der Waals surface area contributed by atoms with Crippen molar-refractivity contribution >= 4 is 40.4 Å². The van der Waals surface area contributed by atoms with Crippen LogP contribution in [-0.4, -0.2) is 16.5 Å². The summed E-state index contributed by atoms with van der Waals surface area (Å²) in [7, 11) is 0. The Bertz CT molecular complexity index is 1160. The minimum Gasteiger partial charge on any atom is -0.354 e. The lowest BCUT2D eigenvalue weighted by atomic mass is 10.1. The molecule has 0 fully saturated rings. The highest BCUT2D eigenvalue weighted by Gasteiger charge is 2.16. The maximum Gasteiger partial charge on any atom is 0.271 e. The minimum atomic E-state index is -0.540. The van der Waals surface area contributed by atoms with Crippen LogP contribution in [0.1, 0.15) is 22.8 Å². The molecule has 3 aromatic rings. The van der Waals surface area contributed by atoms with E-state index in [-0.39, 0.29) is 11.3 Å². The summed E-state index contributed by atoms with van der Waals surface area (Å²) in [4.78, 5) is 24.9. The van der Waals surface area contributed by atoms with Crippen LogP contribution in [0.25, 0.3) is 0 Å². The average Bonchev–Trinajstić information content (AvgIpc) is 2.75. The van der Waals surface area contributed by atoms with Crippen molar-refractivity contribution in [2.45, 2.75) is 16.7 Å². The SMILES string of the molecule is C/C(=N\NC(=O)c1cccc([N+](=O)[O-])c1)c1ccc2c(c1)Nc1ccccc1S2. The van der Waals surface area contributed by atoms with Crippen molar-refractivity contribution in [3.63, 3.8) is 0 Å². The van der Waals surface area contributed by atoms with E-state index in [9.17, 15) is 14.9 Å². The van der Waals surface area contributed by atoms with E-state index in [1.54, 1.807) is 18.7 Å². The van der Waals surface area contributed by atoms with Crippen molar-refractivity contribution in [3.8, 4) is 0 Å². The molecule has 0 aromatic heterocycles. The molecule has 0 unspecified atom stereocenters. The van der Waals surface area contributed by atoms with Crippen molar-refractivity contribution in [2.24, 2.45) is 5.10 Å². The first kappa shape index (κ1) is 18.7. The normalized spacial score (nSPS) is 12.4. The predicted molar refractivity (Wildman–Crippen MR) is 113 cm³/mol. The van der Waals surface area contributed by atoms with Crippen LogP contribution in [0.15, 0.2) is 81.6 Å². The Hall–Kier alpha value is -3.65. The molecule has 0 aliphatic carbocycles. The molecule has 144 valence electrons. The Labute approximate surface area is 171 Å². The van der Waals surface area contributed by atoms with Gasteiger partial charge in [-0.15, -0.1) is 0 Å². The van der Waals surface area contributed by atoms with Gasteiger partial charge >= 0.3 is 0 Å². The standard InChI is InChI=1S/C21H16N4O3S/c1-13(23-24-21(26)15-5-4-6-16(11-15)25(27)28)14-9-10-20-18(12-14)22-17-7-2-3-8-19(17)29-20/h2-12,22H,1H3,(H,24,26)/b23-13+. The number of benzene rings is 3. The van der Waals surface area contributed by atoms with Crippen molar-refractivity contribution in [1.29, 1.82) is 0 Å². The van der Waals surface area contributed by atoms with Gasteiger partial charge in [-0.3, -0.25) is 14.9 Å². The number of hydrogen-bond acceptors (Lipinski definition) is 6. The van der Waals surface area contributed by atoms with E-state index >= 15 is 0 Å². The van der Waals surface area contributed by atoms with E-state index in [1.807, 2.05) is 36.4 Å². The molecule has 0 saturated heterocycles. The van der Waals surface area contributed by atoms with Crippen LogP contribution in [-0.2, 0) is 0 Å². The van der Waals surface area contributed by atoms with Crippen molar-refractivity contribution in [2.75, 3.05) is 5.32 Å². The Kier molecular flexibility index (Phi) is 5.01. The number of amides is 1. The van der Waals surface area contributed by atoms with Crippen LogP contribution in [0.3, 0.4) is 0 Å². The fourth-order valence-electron chi connectivity index (χ4n) is 2.89. The molecule has 3 aromatic carbocycles. The molecule has 1 aliphatic rings. The summed E-state index contributed by atoms with van der Waals surface area (Å²) in [5.41, 5.74) is 6.00. The van der Waals surface area contributed by atoms with Crippen molar-refractivity contribution < 1.29 is 9.72 Å². The molecule has 2 N–H and O–H groups in total. The molecule has 0 bridgehead atoms. The van der Waals surface area contributed by atoms with Crippen LogP contribution < -0.4 is 10.7 Å². The van der Waals surface area contributed by atoms with Gasteiger partial charge < -0.3 is 5.32 Å². The van der Waals surface area contributed by atoms with Gasteiger partial charge in [-0.05, 0) is 42.8 Å². The molecular weight excluding hydrogens is 388 g/mol. The smallest absolute Gasteiger partial charge is 0.271 e. The zero-order valence-corrected chi connectivity index (χ0v) is 16.2. The first-order valence-corrected chi connectivity index (χ1v) is 9.60. The van der Waals surface area contributed by atoms with E-state index in [4.69, 9.17) is 0 Å². The molecule has 4 rings (SSSR count). The second-order valence-corrected chi connectivity index (χ2v) is 7.46. The summed E-state index contributed by atoms with van der Waals surface area (Å²) >= 11 is 1.69. The largest absolute Gasteiger partial charge is 0.354 e. The van der Waals surface area contributed by atoms with Gasteiger partial charge in [0.05, 0.1) is 22.0 Å². The lowest BCUT2D eigenvalue weighted by Crippen LogP contribution is -2.19. The van der Waals surface area contributed by atoms with Gasteiger partial charge in [0.25, 0.3) is 11.6 Å². The Morgan fingerprint density at radius 3 is 2.62 bits per heavy atom. The zero-order chi connectivity index (χ0) is 20.4. The summed E-state index contributed by atoms with van der Waals surface area (Å²) in [6.45, 7) is 1.79. The fraction of sp³-hybridized carbons (Fsp3) is 0.0476. The van der Waals surface area contributed by atoms with Crippen LogP contribution >= 0.6 is 11.8 Å². The van der Waals surface area contributed by atoms with E-state index in [2.05, 4.69) is 21.9 Å². The molecule has 0 atom stereocenters. The number of nitro groups is 1. The fourth-order valence-corrected chi connectivity index (χ4v) is 3.86. The maximum atomic E-state index is 12.3. The van der Waals surface area contributed by atoms with Gasteiger partial charge in [-0.2, -0.15) is 5.10 Å². The number of anilines is 2. The third-order valence-electron chi connectivity index (χ3n) is 4.42.